The third-order valence-corrected chi connectivity index (χ3v) is 3.31. The van der Waals surface area contributed by atoms with Crippen molar-refractivity contribution in [2.75, 3.05) is 18.9 Å². The van der Waals surface area contributed by atoms with Gasteiger partial charge in [-0.05, 0) is 5.41 Å². The molecule has 17 heavy (non-hydrogen) atoms. The second-order valence-electron chi connectivity index (χ2n) is 4.88. The highest BCUT2D eigenvalue weighted by molar-refractivity contribution is 7.89. The van der Waals surface area contributed by atoms with E-state index >= 15 is 0 Å². The van der Waals surface area contributed by atoms with Crippen molar-refractivity contribution in [1.29, 1.82) is 0 Å². The highest BCUT2D eigenvalue weighted by Crippen LogP contribution is 2.13. The minimum Gasteiger partial charge on any atom is -0.357 e. The summed E-state index contributed by atoms with van der Waals surface area (Å²) in [6.45, 7) is 6.23. The SMILES string of the molecule is CNc1ncc(S(=O)(=O)NCC(C)(C)C)cn1. The van der Waals surface area contributed by atoms with E-state index in [4.69, 9.17) is 0 Å². The highest BCUT2D eigenvalue weighted by Gasteiger charge is 2.19. The maximum atomic E-state index is 11.9. The Balaban J connectivity index is 2.82. The maximum absolute atomic E-state index is 11.9. The third-order valence-electron chi connectivity index (χ3n) is 1.95. The van der Waals surface area contributed by atoms with Crippen LogP contribution in [0.25, 0.3) is 0 Å². The molecule has 0 amide bonds. The van der Waals surface area contributed by atoms with Crippen LogP contribution in [0, 0.1) is 5.41 Å². The van der Waals surface area contributed by atoms with Crippen LogP contribution in [0.5, 0.6) is 0 Å². The Morgan fingerprint density at radius 1 is 1.24 bits per heavy atom. The second kappa shape index (κ2) is 4.97. The summed E-state index contributed by atoms with van der Waals surface area (Å²) < 4.78 is 26.3. The molecule has 0 aliphatic rings. The van der Waals surface area contributed by atoms with Gasteiger partial charge < -0.3 is 5.32 Å². The van der Waals surface area contributed by atoms with Crippen LogP contribution < -0.4 is 10.0 Å². The molecule has 7 heteroatoms. The number of sulfonamides is 1. The second-order valence-corrected chi connectivity index (χ2v) is 6.64. The van der Waals surface area contributed by atoms with E-state index in [0.717, 1.165) is 0 Å². The number of hydrogen-bond donors (Lipinski definition) is 2. The predicted molar refractivity (Wildman–Crippen MR) is 66.2 cm³/mol. The minimum atomic E-state index is -3.52. The molecule has 0 radical (unpaired) electrons. The minimum absolute atomic E-state index is 0.0701. The average molecular weight is 258 g/mol. The van der Waals surface area contributed by atoms with Crippen molar-refractivity contribution in [2.24, 2.45) is 5.41 Å². The van der Waals surface area contributed by atoms with Gasteiger partial charge in [-0.2, -0.15) is 0 Å². The molecule has 0 aromatic carbocycles. The molecule has 0 saturated carbocycles. The topological polar surface area (TPSA) is 84.0 Å². The molecule has 0 spiro atoms. The lowest BCUT2D eigenvalue weighted by Crippen LogP contribution is -2.32. The molecule has 0 unspecified atom stereocenters. The van der Waals surface area contributed by atoms with Crippen LogP contribution in [-0.4, -0.2) is 32.0 Å². The molecule has 2 N–H and O–H groups in total. The molecule has 0 bridgehead atoms. The van der Waals surface area contributed by atoms with Gasteiger partial charge in [0.15, 0.2) is 0 Å². The first-order valence-electron chi connectivity index (χ1n) is 5.24. The van der Waals surface area contributed by atoms with E-state index in [0.29, 0.717) is 12.5 Å². The first-order chi connectivity index (χ1) is 7.74. The summed E-state index contributed by atoms with van der Waals surface area (Å²) in [4.78, 5) is 7.80. The third kappa shape index (κ3) is 4.27. The molecule has 0 atom stereocenters. The summed E-state index contributed by atoms with van der Waals surface area (Å²) in [7, 11) is -1.85. The monoisotopic (exact) mass is 258 g/mol. The summed E-state index contributed by atoms with van der Waals surface area (Å²) in [6, 6.07) is 0. The number of rotatable bonds is 4. The molecular formula is C10H18N4O2S. The van der Waals surface area contributed by atoms with Crippen molar-refractivity contribution in [3.8, 4) is 0 Å². The van der Waals surface area contributed by atoms with Gasteiger partial charge in [-0.25, -0.2) is 23.1 Å². The summed E-state index contributed by atoms with van der Waals surface area (Å²) in [5, 5.41) is 2.72. The number of nitrogens with one attached hydrogen (secondary N) is 2. The van der Waals surface area contributed by atoms with Crippen LogP contribution in [-0.2, 0) is 10.0 Å². The van der Waals surface area contributed by atoms with Gasteiger partial charge in [-0.15, -0.1) is 0 Å². The fraction of sp³-hybridized carbons (Fsp3) is 0.600. The Kier molecular flexibility index (Phi) is 4.05. The Labute approximate surface area is 102 Å². The van der Waals surface area contributed by atoms with E-state index < -0.39 is 10.0 Å². The van der Waals surface area contributed by atoms with E-state index in [-0.39, 0.29) is 10.3 Å². The van der Waals surface area contributed by atoms with Crippen molar-refractivity contribution in [2.45, 2.75) is 25.7 Å². The van der Waals surface area contributed by atoms with Crippen LogP contribution >= 0.6 is 0 Å². The van der Waals surface area contributed by atoms with Gasteiger partial charge in [-0.1, -0.05) is 20.8 Å². The van der Waals surface area contributed by atoms with Crippen LogP contribution in [0.4, 0.5) is 5.95 Å². The maximum Gasteiger partial charge on any atom is 0.243 e. The number of aromatic nitrogens is 2. The normalized spacial score (nSPS) is 12.5. The van der Waals surface area contributed by atoms with E-state index in [1.165, 1.54) is 12.4 Å². The van der Waals surface area contributed by atoms with Crippen molar-refractivity contribution >= 4 is 16.0 Å². The van der Waals surface area contributed by atoms with Gasteiger partial charge in [0.05, 0.1) is 12.4 Å². The smallest absolute Gasteiger partial charge is 0.243 e. The Bertz CT molecular complexity index is 462. The molecule has 0 saturated heterocycles. The Morgan fingerprint density at radius 2 is 1.76 bits per heavy atom. The van der Waals surface area contributed by atoms with E-state index in [1.54, 1.807) is 7.05 Å². The summed E-state index contributed by atoms with van der Waals surface area (Å²) in [6.07, 6.45) is 2.56. The summed E-state index contributed by atoms with van der Waals surface area (Å²) in [5.74, 6) is 0.389. The largest absolute Gasteiger partial charge is 0.357 e. The van der Waals surface area contributed by atoms with Gasteiger partial charge in [0.25, 0.3) is 0 Å². The molecular weight excluding hydrogens is 240 g/mol. The first kappa shape index (κ1) is 13.9. The van der Waals surface area contributed by atoms with Gasteiger partial charge in [0.1, 0.15) is 4.90 Å². The number of hydrogen-bond acceptors (Lipinski definition) is 5. The standard InChI is InChI=1S/C10H18N4O2S/c1-10(2,3)7-14-17(15,16)8-5-12-9(11-4)13-6-8/h5-6,14H,7H2,1-4H3,(H,11,12,13). The zero-order chi connectivity index (χ0) is 13.1. The van der Waals surface area contributed by atoms with E-state index in [9.17, 15) is 8.42 Å². The van der Waals surface area contributed by atoms with Crippen molar-refractivity contribution < 1.29 is 8.42 Å². The molecule has 0 aliphatic carbocycles. The fourth-order valence-electron chi connectivity index (χ4n) is 0.979. The van der Waals surface area contributed by atoms with Gasteiger partial charge in [-0.3, -0.25) is 0 Å². The lowest BCUT2D eigenvalue weighted by atomic mass is 9.98. The molecule has 1 heterocycles. The zero-order valence-corrected chi connectivity index (χ0v) is 11.3. The van der Waals surface area contributed by atoms with Crippen molar-refractivity contribution in [3.05, 3.63) is 12.4 Å². The summed E-state index contributed by atoms with van der Waals surface area (Å²) in [5.41, 5.74) is -0.112. The predicted octanol–water partition coefficient (Wildman–Crippen LogP) is 0.843. The van der Waals surface area contributed by atoms with Gasteiger partial charge >= 0.3 is 0 Å². The van der Waals surface area contributed by atoms with Crippen LogP contribution in [0.2, 0.25) is 0 Å². The number of anilines is 1. The fourth-order valence-corrected chi connectivity index (χ4v) is 2.15. The Hall–Kier alpha value is -1.21. The molecule has 1 aromatic heterocycles. The van der Waals surface area contributed by atoms with Crippen LogP contribution in [0.3, 0.4) is 0 Å². The molecule has 0 fully saturated rings. The first-order valence-corrected chi connectivity index (χ1v) is 6.72. The van der Waals surface area contributed by atoms with Gasteiger partial charge in [0.2, 0.25) is 16.0 Å². The quantitative estimate of drug-likeness (QED) is 0.836. The molecule has 1 rings (SSSR count). The van der Waals surface area contributed by atoms with Crippen molar-refractivity contribution in [3.63, 3.8) is 0 Å². The Morgan fingerprint density at radius 3 is 2.18 bits per heavy atom. The van der Waals surface area contributed by atoms with Gasteiger partial charge in [0, 0.05) is 13.6 Å². The molecule has 0 aliphatic heterocycles. The molecule has 96 valence electrons. The lowest BCUT2D eigenvalue weighted by Gasteiger charge is -2.18. The number of nitrogens with zero attached hydrogens (tertiary/aromatic N) is 2. The zero-order valence-electron chi connectivity index (χ0n) is 10.5. The highest BCUT2D eigenvalue weighted by atomic mass is 32.2. The summed E-state index contributed by atoms with van der Waals surface area (Å²) >= 11 is 0. The van der Waals surface area contributed by atoms with Crippen LogP contribution in [0.15, 0.2) is 17.3 Å². The molecule has 1 aromatic rings. The van der Waals surface area contributed by atoms with E-state index in [2.05, 4.69) is 20.0 Å². The average Bonchev–Trinajstić information content (AvgIpc) is 2.26. The lowest BCUT2D eigenvalue weighted by molar-refractivity contribution is 0.407. The van der Waals surface area contributed by atoms with E-state index in [1.807, 2.05) is 20.8 Å². The van der Waals surface area contributed by atoms with Crippen molar-refractivity contribution in [1.82, 2.24) is 14.7 Å². The molecule has 6 nitrogen and oxygen atoms in total. The van der Waals surface area contributed by atoms with Crippen LogP contribution in [0.1, 0.15) is 20.8 Å².